The van der Waals surface area contributed by atoms with Gasteiger partial charge in [0.2, 0.25) is 12.7 Å². The monoisotopic (exact) mass is 374 g/mol. The van der Waals surface area contributed by atoms with Gasteiger partial charge in [-0.05, 0) is 49.6 Å². The number of anilines is 3. The highest BCUT2D eigenvalue weighted by atomic mass is 16.7. The summed E-state index contributed by atoms with van der Waals surface area (Å²) in [6.07, 6.45) is 1.01. The summed E-state index contributed by atoms with van der Waals surface area (Å²) < 4.78 is 10.8. The number of fused-ring (bicyclic) bond motifs is 2. The molecule has 1 atom stereocenters. The molecule has 28 heavy (non-hydrogen) atoms. The normalized spacial score (nSPS) is 16.9. The van der Waals surface area contributed by atoms with Crippen LogP contribution in [-0.4, -0.2) is 22.8 Å². The van der Waals surface area contributed by atoms with Gasteiger partial charge in [-0.15, -0.1) is 0 Å². The number of aryl methyl sites for hydroxylation is 1. The van der Waals surface area contributed by atoms with Crippen LogP contribution in [0.1, 0.15) is 23.7 Å². The zero-order valence-electron chi connectivity index (χ0n) is 16.0. The largest absolute Gasteiger partial charge is 0.454 e. The molecule has 2 aliphatic heterocycles. The molecule has 2 aliphatic rings. The van der Waals surface area contributed by atoms with Gasteiger partial charge in [0, 0.05) is 30.0 Å². The SMILES string of the molecule is Cc1cc(NCc2ccc3c(c2)OCO3)nc(N2c3ccccc3CC2C)n1. The van der Waals surface area contributed by atoms with Crippen LogP contribution in [0.4, 0.5) is 17.5 Å². The lowest BCUT2D eigenvalue weighted by Crippen LogP contribution is -2.26. The van der Waals surface area contributed by atoms with E-state index >= 15 is 0 Å². The molecule has 2 aromatic carbocycles. The minimum absolute atomic E-state index is 0.288. The maximum absolute atomic E-state index is 5.46. The Hall–Kier alpha value is -3.28. The minimum Gasteiger partial charge on any atom is -0.454 e. The number of aromatic nitrogens is 2. The molecular formula is C22H22N4O2. The zero-order valence-corrected chi connectivity index (χ0v) is 16.0. The van der Waals surface area contributed by atoms with Crippen LogP contribution in [0.2, 0.25) is 0 Å². The number of benzene rings is 2. The molecule has 1 aromatic heterocycles. The first-order valence-corrected chi connectivity index (χ1v) is 9.52. The van der Waals surface area contributed by atoms with Crippen LogP contribution in [0.5, 0.6) is 11.5 Å². The summed E-state index contributed by atoms with van der Waals surface area (Å²) in [5.74, 6) is 3.15. The van der Waals surface area contributed by atoms with Gasteiger partial charge in [-0.2, -0.15) is 4.98 Å². The number of hydrogen-bond donors (Lipinski definition) is 1. The summed E-state index contributed by atoms with van der Waals surface area (Å²) in [5, 5.41) is 3.42. The second-order valence-corrected chi connectivity index (χ2v) is 7.29. The van der Waals surface area contributed by atoms with E-state index in [1.807, 2.05) is 31.2 Å². The fourth-order valence-corrected chi connectivity index (χ4v) is 3.86. The first-order valence-electron chi connectivity index (χ1n) is 9.52. The van der Waals surface area contributed by atoms with Crippen LogP contribution >= 0.6 is 0 Å². The maximum atomic E-state index is 5.46. The van der Waals surface area contributed by atoms with Gasteiger partial charge < -0.3 is 19.7 Å². The van der Waals surface area contributed by atoms with Crippen LogP contribution in [0.3, 0.4) is 0 Å². The van der Waals surface area contributed by atoms with Crippen molar-refractivity contribution in [2.75, 3.05) is 17.0 Å². The zero-order chi connectivity index (χ0) is 19.1. The van der Waals surface area contributed by atoms with Crippen molar-refractivity contribution in [3.05, 3.63) is 65.4 Å². The molecule has 142 valence electrons. The summed E-state index contributed by atoms with van der Waals surface area (Å²) in [5.41, 5.74) is 4.59. The molecule has 6 heteroatoms. The molecule has 6 nitrogen and oxygen atoms in total. The van der Waals surface area contributed by atoms with Crippen LogP contribution in [0.15, 0.2) is 48.5 Å². The van der Waals surface area contributed by atoms with Crippen molar-refractivity contribution >= 4 is 17.5 Å². The quantitative estimate of drug-likeness (QED) is 0.738. The van der Waals surface area contributed by atoms with Crippen LogP contribution in [0.25, 0.3) is 0 Å². The van der Waals surface area contributed by atoms with Gasteiger partial charge in [-0.1, -0.05) is 24.3 Å². The smallest absolute Gasteiger partial charge is 0.232 e. The van der Waals surface area contributed by atoms with Crippen molar-refractivity contribution in [2.24, 2.45) is 0 Å². The Morgan fingerprint density at radius 2 is 1.93 bits per heavy atom. The Balaban J connectivity index is 1.39. The van der Waals surface area contributed by atoms with E-state index in [1.165, 1.54) is 11.3 Å². The molecule has 0 saturated carbocycles. The molecule has 5 rings (SSSR count). The van der Waals surface area contributed by atoms with Gasteiger partial charge in [0.25, 0.3) is 0 Å². The summed E-state index contributed by atoms with van der Waals surface area (Å²) >= 11 is 0. The van der Waals surface area contributed by atoms with Crippen molar-refractivity contribution in [1.82, 2.24) is 9.97 Å². The first kappa shape index (κ1) is 16.9. The van der Waals surface area contributed by atoms with E-state index in [0.29, 0.717) is 12.6 Å². The highest BCUT2D eigenvalue weighted by Gasteiger charge is 2.29. The van der Waals surface area contributed by atoms with Gasteiger partial charge in [-0.25, -0.2) is 4.98 Å². The Labute approximate surface area is 164 Å². The third-order valence-electron chi connectivity index (χ3n) is 5.18. The predicted octanol–water partition coefficient (Wildman–Crippen LogP) is 4.21. The second-order valence-electron chi connectivity index (χ2n) is 7.29. The molecule has 0 amide bonds. The number of nitrogens with zero attached hydrogens (tertiary/aromatic N) is 3. The highest BCUT2D eigenvalue weighted by Crippen LogP contribution is 2.37. The molecule has 1 N–H and O–H groups in total. The first-order chi connectivity index (χ1) is 13.7. The van der Waals surface area contributed by atoms with E-state index < -0.39 is 0 Å². The molecule has 1 unspecified atom stereocenters. The lowest BCUT2D eigenvalue weighted by Gasteiger charge is -2.23. The van der Waals surface area contributed by atoms with E-state index in [9.17, 15) is 0 Å². The van der Waals surface area contributed by atoms with E-state index in [2.05, 4.69) is 41.4 Å². The van der Waals surface area contributed by atoms with Crippen molar-refractivity contribution < 1.29 is 9.47 Å². The van der Waals surface area contributed by atoms with Gasteiger partial charge in [0.15, 0.2) is 11.5 Å². The summed E-state index contributed by atoms with van der Waals surface area (Å²) in [6, 6.07) is 16.8. The molecular weight excluding hydrogens is 352 g/mol. The summed E-state index contributed by atoms with van der Waals surface area (Å²) in [4.78, 5) is 11.7. The molecule has 0 spiro atoms. The molecule has 0 fully saturated rings. The Morgan fingerprint density at radius 1 is 1.07 bits per heavy atom. The minimum atomic E-state index is 0.288. The lowest BCUT2D eigenvalue weighted by atomic mass is 10.1. The maximum Gasteiger partial charge on any atom is 0.232 e. The van der Waals surface area contributed by atoms with Crippen molar-refractivity contribution in [1.29, 1.82) is 0 Å². The van der Waals surface area contributed by atoms with Crippen molar-refractivity contribution in [3.63, 3.8) is 0 Å². The molecule has 0 saturated heterocycles. The van der Waals surface area contributed by atoms with E-state index in [0.717, 1.165) is 40.9 Å². The Morgan fingerprint density at radius 3 is 2.86 bits per heavy atom. The fourth-order valence-electron chi connectivity index (χ4n) is 3.86. The van der Waals surface area contributed by atoms with Crippen LogP contribution in [0, 0.1) is 6.92 Å². The number of hydrogen-bond acceptors (Lipinski definition) is 6. The molecule has 0 aliphatic carbocycles. The van der Waals surface area contributed by atoms with Crippen LogP contribution < -0.4 is 19.7 Å². The van der Waals surface area contributed by atoms with Gasteiger partial charge in [-0.3, -0.25) is 0 Å². The lowest BCUT2D eigenvalue weighted by molar-refractivity contribution is 0.174. The van der Waals surface area contributed by atoms with E-state index in [4.69, 9.17) is 19.4 Å². The van der Waals surface area contributed by atoms with Crippen molar-refractivity contribution in [2.45, 2.75) is 32.9 Å². The van der Waals surface area contributed by atoms with Gasteiger partial charge in [0.1, 0.15) is 5.82 Å². The van der Waals surface area contributed by atoms with E-state index in [-0.39, 0.29) is 6.79 Å². The number of para-hydroxylation sites is 1. The highest BCUT2D eigenvalue weighted by molar-refractivity contribution is 5.67. The van der Waals surface area contributed by atoms with Gasteiger partial charge >= 0.3 is 0 Å². The van der Waals surface area contributed by atoms with E-state index in [1.54, 1.807) is 0 Å². The molecule has 3 aromatic rings. The molecule has 0 radical (unpaired) electrons. The Kier molecular flexibility index (Phi) is 4.04. The standard InChI is InChI=1S/C22H22N4O2/c1-14-9-21(23-12-16-7-8-19-20(11-16)28-13-27-19)25-22(24-14)26-15(2)10-17-5-3-4-6-18(17)26/h3-9,11,15H,10,12-13H2,1-2H3,(H,23,24,25). The molecule has 0 bridgehead atoms. The Bertz CT molecular complexity index is 1040. The molecule has 3 heterocycles. The van der Waals surface area contributed by atoms with Gasteiger partial charge in [0.05, 0.1) is 0 Å². The number of nitrogens with one attached hydrogen (secondary N) is 1. The van der Waals surface area contributed by atoms with Crippen molar-refractivity contribution in [3.8, 4) is 11.5 Å². The number of ether oxygens (including phenoxy) is 2. The number of rotatable bonds is 4. The third kappa shape index (κ3) is 3.01. The summed E-state index contributed by atoms with van der Waals surface area (Å²) in [6.45, 7) is 5.16. The fraction of sp³-hybridized carbons (Fsp3) is 0.273. The average Bonchev–Trinajstić information content (AvgIpc) is 3.28. The predicted molar refractivity (Wildman–Crippen MR) is 108 cm³/mol. The average molecular weight is 374 g/mol. The second kappa shape index (κ2) is 6.71. The summed E-state index contributed by atoms with van der Waals surface area (Å²) in [7, 11) is 0. The van der Waals surface area contributed by atoms with Crippen LogP contribution in [-0.2, 0) is 13.0 Å². The topological polar surface area (TPSA) is 59.5 Å². The third-order valence-corrected chi connectivity index (χ3v) is 5.18.